The van der Waals surface area contributed by atoms with E-state index in [0.29, 0.717) is 24.5 Å². The quantitative estimate of drug-likeness (QED) is 0.738. The maximum atomic E-state index is 12.1. The van der Waals surface area contributed by atoms with Gasteiger partial charge in [0.2, 0.25) is 5.91 Å². The number of hydrogen-bond acceptors (Lipinski definition) is 5. The van der Waals surface area contributed by atoms with Gasteiger partial charge >= 0.3 is 0 Å². The van der Waals surface area contributed by atoms with E-state index in [2.05, 4.69) is 20.4 Å². The van der Waals surface area contributed by atoms with Crippen molar-refractivity contribution in [2.45, 2.75) is 26.7 Å². The van der Waals surface area contributed by atoms with Gasteiger partial charge in [-0.3, -0.25) is 4.79 Å². The van der Waals surface area contributed by atoms with Crippen molar-refractivity contribution in [1.29, 1.82) is 0 Å². The number of carbonyl (C=O) groups is 1. The SMILES string of the molecule is COc1ccc(CCC(=O)Nc2cnc(-n3nc(C)cc3C)nc2)cc1. The Morgan fingerprint density at radius 2 is 1.85 bits per heavy atom. The first kappa shape index (κ1) is 17.6. The zero-order chi connectivity index (χ0) is 18.5. The van der Waals surface area contributed by atoms with Crippen LogP contribution in [0.2, 0.25) is 0 Å². The van der Waals surface area contributed by atoms with Crippen LogP contribution in [0.3, 0.4) is 0 Å². The van der Waals surface area contributed by atoms with Crippen molar-refractivity contribution >= 4 is 11.6 Å². The van der Waals surface area contributed by atoms with Gasteiger partial charge in [-0.05, 0) is 44.0 Å². The fraction of sp³-hybridized carbons (Fsp3) is 0.263. The van der Waals surface area contributed by atoms with E-state index in [9.17, 15) is 4.79 Å². The van der Waals surface area contributed by atoms with E-state index in [4.69, 9.17) is 4.74 Å². The molecule has 1 amide bonds. The predicted octanol–water partition coefficient (Wildman–Crippen LogP) is 2.86. The van der Waals surface area contributed by atoms with Crippen molar-refractivity contribution in [3.63, 3.8) is 0 Å². The molecular formula is C19H21N5O2. The van der Waals surface area contributed by atoms with Crippen LogP contribution in [-0.4, -0.2) is 32.8 Å². The summed E-state index contributed by atoms with van der Waals surface area (Å²) in [5.74, 6) is 1.20. The molecule has 0 saturated carbocycles. The second kappa shape index (κ2) is 7.77. The van der Waals surface area contributed by atoms with Crippen LogP contribution in [0.4, 0.5) is 5.69 Å². The largest absolute Gasteiger partial charge is 0.497 e. The summed E-state index contributed by atoms with van der Waals surface area (Å²) in [4.78, 5) is 20.7. The third kappa shape index (κ3) is 4.24. The van der Waals surface area contributed by atoms with Crippen LogP contribution in [0.15, 0.2) is 42.7 Å². The molecule has 26 heavy (non-hydrogen) atoms. The molecule has 0 saturated heterocycles. The molecule has 2 heterocycles. The molecule has 3 aromatic rings. The molecule has 0 radical (unpaired) electrons. The number of methoxy groups -OCH3 is 1. The Balaban J connectivity index is 1.56. The maximum absolute atomic E-state index is 12.1. The molecule has 0 aliphatic rings. The zero-order valence-electron chi connectivity index (χ0n) is 15.1. The lowest BCUT2D eigenvalue weighted by molar-refractivity contribution is -0.116. The first-order valence-corrected chi connectivity index (χ1v) is 8.33. The number of aryl methyl sites for hydroxylation is 3. The fourth-order valence-corrected chi connectivity index (χ4v) is 2.60. The Kier molecular flexibility index (Phi) is 5.26. The summed E-state index contributed by atoms with van der Waals surface area (Å²) < 4.78 is 6.80. The number of aromatic nitrogens is 4. The number of nitrogens with zero attached hydrogens (tertiary/aromatic N) is 4. The fourth-order valence-electron chi connectivity index (χ4n) is 2.60. The van der Waals surface area contributed by atoms with Crippen molar-refractivity contribution in [1.82, 2.24) is 19.7 Å². The predicted molar refractivity (Wildman–Crippen MR) is 98.6 cm³/mol. The normalized spacial score (nSPS) is 10.6. The standard InChI is InChI=1S/C19H21N5O2/c1-13-10-14(2)24(23-13)19-20-11-16(12-21-19)22-18(25)9-6-15-4-7-17(26-3)8-5-15/h4-5,7-8,10-12H,6,9H2,1-3H3,(H,22,25). The summed E-state index contributed by atoms with van der Waals surface area (Å²) in [6.07, 6.45) is 4.21. The average molecular weight is 351 g/mol. The van der Waals surface area contributed by atoms with Gasteiger partial charge in [-0.1, -0.05) is 12.1 Å². The highest BCUT2D eigenvalue weighted by Crippen LogP contribution is 2.13. The lowest BCUT2D eigenvalue weighted by Crippen LogP contribution is -2.13. The minimum absolute atomic E-state index is 0.0803. The molecule has 3 rings (SSSR count). The van der Waals surface area contributed by atoms with E-state index >= 15 is 0 Å². The van der Waals surface area contributed by atoms with Crippen LogP contribution < -0.4 is 10.1 Å². The minimum Gasteiger partial charge on any atom is -0.497 e. The van der Waals surface area contributed by atoms with Gasteiger partial charge in [-0.25, -0.2) is 14.6 Å². The number of benzene rings is 1. The van der Waals surface area contributed by atoms with E-state index in [1.54, 1.807) is 24.2 Å². The van der Waals surface area contributed by atoms with Crippen LogP contribution >= 0.6 is 0 Å². The van der Waals surface area contributed by atoms with Crippen LogP contribution in [0.5, 0.6) is 5.75 Å². The summed E-state index contributed by atoms with van der Waals surface area (Å²) in [5, 5.41) is 7.16. The van der Waals surface area contributed by atoms with E-state index in [1.807, 2.05) is 44.2 Å². The third-order valence-corrected chi connectivity index (χ3v) is 3.92. The van der Waals surface area contributed by atoms with E-state index in [1.165, 1.54) is 0 Å². The van der Waals surface area contributed by atoms with Gasteiger partial charge in [0.1, 0.15) is 5.75 Å². The first-order chi connectivity index (χ1) is 12.5. The first-order valence-electron chi connectivity index (χ1n) is 8.33. The highest BCUT2D eigenvalue weighted by molar-refractivity contribution is 5.90. The van der Waals surface area contributed by atoms with Crippen molar-refractivity contribution in [2.24, 2.45) is 0 Å². The van der Waals surface area contributed by atoms with Crippen molar-refractivity contribution in [3.05, 3.63) is 59.7 Å². The molecule has 0 atom stereocenters. The monoisotopic (exact) mass is 351 g/mol. The highest BCUT2D eigenvalue weighted by atomic mass is 16.5. The summed E-state index contributed by atoms with van der Waals surface area (Å²) in [6.45, 7) is 3.86. The number of rotatable bonds is 6. The minimum atomic E-state index is -0.0803. The molecule has 7 nitrogen and oxygen atoms in total. The highest BCUT2D eigenvalue weighted by Gasteiger charge is 2.08. The third-order valence-electron chi connectivity index (χ3n) is 3.92. The van der Waals surface area contributed by atoms with Crippen molar-refractivity contribution in [3.8, 4) is 11.7 Å². The number of carbonyl (C=O) groups excluding carboxylic acids is 1. The Morgan fingerprint density at radius 3 is 2.42 bits per heavy atom. The summed E-state index contributed by atoms with van der Waals surface area (Å²) >= 11 is 0. The average Bonchev–Trinajstić information content (AvgIpc) is 2.99. The Morgan fingerprint density at radius 1 is 1.15 bits per heavy atom. The molecule has 0 unspecified atom stereocenters. The van der Waals surface area contributed by atoms with Gasteiger partial charge in [0.15, 0.2) is 0 Å². The number of ether oxygens (including phenoxy) is 1. The van der Waals surface area contributed by atoms with Gasteiger partial charge in [0.25, 0.3) is 5.95 Å². The summed E-state index contributed by atoms with van der Waals surface area (Å²) in [5.41, 5.74) is 3.51. The van der Waals surface area contributed by atoms with Crippen LogP contribution in [0.1, 0.15) is 23.4 Å². The summed E-state index contributed by atoms with van der Waals surface area (Å²) in [7, 11) is 1.63. The molecule has 2 aromatic heterocycles. The van der Waals surface area contributed by atoms with Crippen LogP contribution in [-0.2, 0) is 11.2 Å². The Labute approximate surface area is 152 Å². The Bertz CT molecular complexity index is 885. The van der Waals surface area contributed by atoms with E-state index < -0.39 is 0 Å². The zero-order valence-corrected chi connectivity index (χ0v) is 15.1. The molecule has 0 bridgehead atoms. The van der Waals surface area contributed by atoms with Gasteiger partial charge in [0, 0.05) is 12.1 Å². The van der Waals surface area contributed by atoms with Gasteiger partial charge < -0.3 is 10.1 Å². The van der Waals surface area contributed by atoms with Crippen molar-refractivity contribution in [2.75, 3.05) is 12.4 Å². The molecule has 0 aliphatic carbocycles. The maximum Gasteiger partial charge on any atom is 0.250 e. The topological polar surface area (TPSA) is 81.9 Å². The molecule has 7 heteroatoms. The second-order valence-electron chi connectivity index (χ2n) is 6.01. The Hall–Kier alpha value is -3.22. The number of amides is 1. The van der Waals surface area contributed by atoms with Gasteiger partial charge in [-0.15, -0.1) is 0 Å². The number of hydrogen-bond donors (Lipinski definition) is 1. The lowest BCUT2D eigenvalue weighted by Gasteiger charge is -2.07. The number of nitrogens with one attached hydrogen (secondary N) is 1. The number of anilines is 1. The molecule has 0 fully saturated rings. The molecular weight excluding hydrogens is 330 g/mol. The van der Waals surface area contributed by atoms with Gasteiger partial charge in [-0.2, -0.15) is 5.10 Å². The van der Waals surface area contributed by atoms with Crippen LogP contribution in [0.25, 0.3) is 5.95 Å². The summed E-state index contributed by atoms with van der Waals surface area (Å²) in [6, 6.07) is 9.65. The smallest absolute Gasteiger partial charge is 0.250 e. The van der Waals surface area contributed by atoms with Crippen molar-refractivity contribution < 1.29 is 9.53 Å². The van der Waals surface area contributed by atoms with E-state index in [0.717, 1.165) is 22.7 Å². The molecule has 1 aromatic carbocycles. The molecule has 1 N–H and O–H groups in total. The lowest BCUT2D eigenvalue weighted by atomic mass is 10.1. The van der Waals surface area contributed by atoms with Gasteiger partial charge in [0.05, 0.1) is 30.9 Å². The molecule has 0 spiro atoms. The second-order valence-corrected chi connectivity index (χ2v) is 6.01. The van der Waals surface area contributed by atoms with Crippen LogP contribution in [0, 0.1) is 13.8 Å². The van der Waals surface area contributed by atoms with E-state index in [-0.39, 0.29) is 5.91 Å². The molecule has 0 aliphatic heterocycles. The molecule has 134 valence electrons.